The fraction of sp³-hybridized carbons (Fsp3) is 0.533. The average Bonchev–Trinajstić information content (AvgIpc) is 2.93. The van der Waals surface area contributed by atoms with E-state index < -0.39 is 0 Å². The van der Waals surface area contributed by atoms with Gasteiger partial charge in [0.1, 0.15) is 5.82 Å². The number of likely N-dealkylation sites (tertiary alicyclic amines) is 1. The second kappa shape index (κ2) is 7.24. The van der Waals surface area contributed by atoms with Crippen molar-refractivity contribution in [1.29, 1.82) is 0 Å². The smallest absolute Gasteiger partial charge is 0.317 e. The first-order chi connectivity index (χ1) is 9.72. The van der Waals surface area contributed by atoms with Crippen molar-refractivity contribution in [2.45, 2.75) is 25.3 Å². The molecule has 0 unspecified atom stereocenters. The Morgan fingerprint density at radius 1 is 1.45 bits per heavy atom. The largest absolute Gasteiger partial charge is 0.385 e. The Hall–Kier alpha value is -1.62. The van der Waals surface area contributed by atoms with Gasteiger partial charge in [-0.05, 0) is 37.0 Å². The van der Waals surface area contributed by atoms with Crippen LogP contribution in [0.25, 0.3) is 0 Å². The summed E-state index contributed by atoms with van der Waals surface area (Å²) in [5.41, 5.74) is 0.996. The Bertz CT molecular complexity index is 436. The van der Waals surface area contributed by atoms with Gasteiger partial charge in [-0.1, -0.05) is 12.1 Å². The third kappa shape index (κ3) is 3.70. The summed E-state index contributed by atoms with van der Waals surface area (Å²) in [7, 11) is 1.65. The first kappa shape index (κ1) is 14.8. The van der Waals surface area contributed by atoms with Crippen LogP contribution >= 0.6 is 0 Å². The van der Waals surface area contributed by atoms with E-state index in [0.29, 0.717) is 13.2 Å². The van der Waals surface area contributed by atoms with Crippen LogP contribution in [0.15, 0.2) is 24.3 Å². The van der Waals surface area contributed by atoms with Gasteiger partial charge in [0.2, 0.25) is 0 Å². The highest BCUT2D eigenvalue weighted by Gasteiger charge is 2.29. The molecule has 2 amide bonds. The van der Waals surface area contributed by atoms with Crippen LogP contribution in [0.5, 0.6) is 0 Å². The van der Waals surface area contributed by atoms with Crippen LogP contribution in [0.4, 0.5) is 9.18 Å². The maximum atomic E-state index is 13.0. The van der Waals surface area contributed by atoms with Gasteiger partial charge in [-0.25, -0.2) is 9.18 Å². The maximum Gasteiger partial charge on any atom is 0.317 e. The normalized spacial score (nSPS) is 18.3. The van der Waals surface area contributed by atoms with Gasteiger partial charge in [-0.15, -0.1) is 0 Å². The lowest BCUT2D eigenvalue weighted by molar-refractivity contribution is 0.182. The topological polar surface area (TPSA) is 41.6 Å². The molecule has 2 rings (SSSR count). The van der Waals surface area contributed by atoms with Gasteiger partial charge in [0.15, 0.2) is 0 Å². The molecule has 0 bridgehead atoms. The summed E-state index contributed by atoms with van der Waals surface area (Å²) in [5, 5.41) is 2.90. The van der Waals surface area contributed by atoms with E-state index in [2.05, 4.69) is 5.32 Å². The number of methoxy groups -OCH3 is 1. The average molecular weight is 280 g/mol. The van der Waals surface area contributed by atoms with Gasteiger partial charge < -0.3 is 15.0 Å². The summed E-state index contributed by atoms with van der Waals surface area (Å²) in [6.45, 7) is 2.00. The van der Waals surface area contributed by atoms with Crippen molar-refractivity contribution < 1.29 is 13.9 Å². The van der Waals surface area contributed by atoms with Gasteiger partial charge in [0.25, 0.3) is 0 Å². The predicted molar refractivity (Wildman–Crippen MR) is 75.0 cm³/mol. The van der Waals surface area contributed by atoms with Crippen LogP contribution in [-0.2, 0) is 4.74 Å². The second-order valence-corrected chi connectivity index (χ2v) is 4.98. The lowest BCUT2D eigenvalue weighted by atomic mass is 10.0. The number of rotatable bonds is 5. The van der Waals surface area contributed by atoms with E-state index >= 15 is 0 Å². The van der Waals surface area contributed by atoms with E-state index in [-0.39, 0.29) is 17.9 Å². The number of halogens is 1. The number of hydrogen-bond acceptors (Lipinski definition) is 2. The molecule has 0 spiro atoms. The number of nitrogens with zero attached hydrogens (tertiary/aromatic N) is 1. The molecule has 5 heteroatoms. The van der Waals surface area contributed by atoms with Crippen LogP contribution in [-0.4, -0.2) is 37.7 Å². The van der Waals surface area contributed by atoms with E-state index in [1.165, 1.54) is 12.1 Å². The zero-order valence-electron chi connectivity index (χ0n) is 11.8. The molecule has 20 heavy (non-hydrogen) atoms. The number of amides is 2. The molecule has 1 saturated heterocycles. The molecule has 0 radical (unpaired) electrons. The van der Waals surface area contributed by atoms with E-state index in [1.54, 1.807) is 19.2 Å². The molecular formula is C15H21FN2O2. The lowest BCUT2D eigenvalue weighted by Crippen LogP contribution is -2.40. The van der Waals surface area contributed by atoms with E-state index in [1.807, 2.05) is 4.90 Å². The van der Waals surface area contributed by atoms with Crippen LogP contribution in [0, 0.1) is 5.82 Å². The first-order valence-corrected chi connectivity index (χ1v) is 7.01. The van der Waals surface area contributed by atoms with Crippen LogP contribution in [0.3, 0.4) is 0 Å². The van der Waals surface area contributed by atoms with Gasteiger partial charge in [-0.2, -0.15) is 0 Å². The summed E-state index contributed by atoms with van der Waals surface area (Å²) >= 11 is 0. The number of carbonyl (C=O) groups is 1. The summed E-state index contributed by atoms with van der Waals surface area (Å²) < 4.78 is 17.9. The quantitative estimate of drug-likeness (QED) is 0.843. The molecule has 1 aliphatic rings. The minimum absolute atomic E-state index is 0.0482. The second-order valence-electron chi connectivity index (χ2n) is 4.98. The highest BCUT2D eigenvalue weighted by Crippen LogP contribution is 2.31. The summed E-state index contributed by atoms with van der Waals surface area (Å²) in [4.78, 5) is 14.0. The highest BCUT2D eigenvalue weighted by molar-refractivity contribution is 5.75. The molecular weight excluding hydrogens is 259 g/mol. The Labute approximate surface area is 118 Å². The van der Waals surface area contributed by atoms with Gasteiger partial charge in [0.05, 0.1) is 6.04 Å². The molecule has 1 atom stereocenters. The molecule has 1 N–H and O–H groups in total. The minimum atomic E-state index is -0.248. The van der Waals surface area contributed by atoms with Crippen LogP contribution in [0.2, 0.25) is 0 Å². The number of urea groups is 1. The molecule has 1 heterocycles. The van der Waals surface area contributed by atoms with Crippen molar-refractivity contribution in [3.05, 3.63) is 35.6 Å². The molecule has 0 aliphatic carbocycles. The fourth-order valence-electron chi connectivity index (χ4n) is 2.55. The Kier molecular flexibility index (Phi) is 5.35. The lowest BCUT2D eigenvalue weighted by Gasteiger charge is -2.25. The van der Waals surface area contributed by atoms with Crippen molar-refractivity contribution in [3.8, 4) is 0 Å². The molecule has 1 aromatic carbocycles. The fourth-order valence-corrected chi connectivity index (χ4v) is 2.55. The standard InChI is InChI=1S/C15H21FN2O2/c1-20-11-3-9-17-15(19)18-10-2-4-14(18)12-5-7-13(16)8-6-12/h5-8,14H,2-4,9-11H2,1H3,(H,17,19)/t14-/m0/s1. The monoisotopic (exact) mass is 280 g/mol. The third-order valence-corrected chi connectivity index (χ3v) is 3.57. The molecule has 1 aromatic rings. The Morgan fingerprint density at radius 3 is 2.90 bits per heavy atom. The van der Waals surface area contributed by atoms with Crippen molar-refractivity contribution >= 4 is 6.03 Å². The maximum absolute atomic E-state index is 13.0. The molecule has 0 aromatic heterocycles. The SMILES string of the molecule is COCCCNC(=O)N1CCC[C@H]1c1ccc(F)cc1. The van der Waals surface area contributed by atoms with Crippen molar-refractivity contribution in [2.24, 2.45) is 0 Å². The Balaban J connectivity index is 1.93. The molecule has 1 aliphatic heterocycles. The molecule has 0 saturated carbocycles. The Morgan fingerprint density at radius 2 is 2.20 bits per heavy atom. The predicted octanol–water partition coefficient (Wildman–Crippen LogP) is 2.71. The molecule has 110 valence electrons. The zero-order chi connectivity index (χ0) is 14.4. The van der Waals surface area contributed by atoms with Gasteiger partial charge in [0, 0.05) is 26.8 Å². The van der Waals surface area contributed by atoms with Gasteiger partial charge in [-0.3, -0.25) is 0 Å². The van der Waals surface area contributed by atoms with Crippen molar-refractivity contribution in [1.82, 2.24) is 10.2 Å². The third-order valence-electron chi connectivity index (χ3n) is 3.57. The highest BCUT2D eigenvalue weighted by atomic mass is 19.1. The summed E-state index contributed by atoms with van der Waals surface area (Å²) in [6.07, 6.45) is 2.71. The van der Waals surface area contributed by atoms with Crippen LogP contribution < -0.4 is 5.32 Å². The number of ether oxygens (including phenoxy) is 1. The van der Waals surface area contributed by atoms with E-state index in [9.17, 15) is 9.18 Å². The van der Waals surface area contributed by atoms with Crippen LogP contribution in [0.1, 0.15) is 30.9 Å². The number of benzene rings is 1. The minimum Gasteiger partial charge on any atom is -0.385 e. The number of carbonyl (C=O) groups excluding carboxylic acids is 1. The number of hydrogen-bond donors (Lipinski definition) is 1. The van der Waals surface area contributed by atoms with E-state index in [4.69, 9.17) is 4.74 Å². The molecule has 1 fully saturated rings. The summed E-state index contributed by atoms with van der Waals surface area (Å²) in [6, 6.07) is 6.42. The van der Waals surface area contributed by atoms with E-state index in [0.717, 1.165) is 31.4 Å². The van der Waals surface area contributed by atoms with Crippen molar-refractivity contribution in [3.63, 3.8) is 0 Å². The zero-order valence-corrected chi connectivity index (χ0v) is 11.8. The summed E-state index contributed by atoms with van der Waals surface area (Å²) in [5.74, 6) is -0.248. The van der Waals surface area contributed by atoms with Crippen molar-refractivity contribution in [2.75, 3.05) is 26.8 Å². The molecule has 4 nitrogen and oxygen atoms in total. The van der Waals surface area contributed by atoms with Gasteiger partial charge >= 0.3 is 6.03 Å². The first-order valence-electron chi connectivity index (χ1n) is 7.01. The number of nitrogens with one attached hydrogen (secondary N) is 1.